The summed E-state index contributed by atoms with van der Waals surface area (Å²) in [6.45, 7) is 1.86. The zero-order valence-corrected chi connectivity index (χ0v) is 7.23. The number of hydrogen-bond donors (Lipinski definition) is 0. The van der Waals surface area contributed by atoms with Gasteiger partial charge in [0, 0.05) is 6.54 Å². The van der Waals surface area contributed by atoms with Crippen molar-refractivity contribution in [3.8, 4) is 0 Å². The van der Waals surface area contributed by atoms with Crippen LogP contribution >= 0.6 is 0 Å². The average Bonchev–Trinajstić information content (AvgIpc) is 2.71. The molecule has 0 N–H and O–H groups in total. The maximum absolute atomic E-state index is 11.6. The van der Waals surface area contributed by atoms with Gasteiger partial charge in [0.25, 0.3) is 5.91 Å². The van der Waals surface area contributed by atoms with Crippen LogP contribution in [0.4, 0.5) is 0 Å². The summed E-state index contributed by atoms with van der Waals surface area (Å²) in [6.07, 6.45) is 2.39. The Morgan fingerprint density at radius 1 is 1.54 bits per heavy atom. The van der Waals surface area contributed by atoms with Crippen molar-refractivity contribution in [2.24, 2.45) is 0 Å². The highest BCUT2D eigenvalue weighted by atomic mass is 16.5. The standard InChI is InChI=1S/C9H11NO3/c11-9(8-3-1-6-13-8)10-4-2-5-12-7-10/h1,3,6H,2,4-5,7H2. The Kier molecular flexibility index (Phi) is 2.31. The van der Waals surface area contributed by atoms with Crippen molar-refractivity contribution in [3.05, 3.63) is 24.2 Å². The smallest absolute Gasteiger partial charge is 0.291 e. The largest absolute Gasteiger partial charge is 0.459 e. The normalized spacial score (nSPS) is 17.4. The van der Waals surface area contributed by atoms with E-state index in [1.807, 2.05) is 0 Å². The molecule has 1 aromatic heterocycles. The van der Waals surface area contributed by atoms with Gasteiger partial charge in [-0.15, -0.1) is 0 Å². The van der Waals surface area contributed by atoms with Crippen molar-refractivity contribution < 1.29 is 13.9 Å². The topological polar surface area (TPSA) is 42.7 Å². The van der Waals surface area contributed by atoms with Gasteiger partial charge in [-0.2, -0.15) is 0 Å². The molecule has 4 heteroatoms. The lowest BCUT2D eigenvalue weighted by atomic mass is 10.3. The molecule has 0 unspecified atom stereocenters. The summed E-state index contributed by atoms with van der Waals surface area (Å²) >= 11 is 0. The van der Waals surface area contributed by atoms with Crippen molar-refractivity contribution in [1.82, 2.24) is 4.90 Å². The summed E-state index contributed by atoms with van der Waals surface area (Å²) in [4.78, 5) is 13.3. The van der Waals surface area contributed by atoms with E-state index < -0.39 is 0 Å². The Bertz CT molecular complexity index is 275. The Balaban J connectivity index is 2.04. The third-order valence-electron chi connectivity index (χ3n) is 1.98. The number of hydrogen-bond acceptors (Lipinski definition) is 3. The highest BCUT2D eigenvalue weighted by Crippen LogP contribution is 2.08. The van der Waals surface area contributed by atoms with E-state index in [9.17, 15) is 4.79 Å². The molecule has 0 bridgehead atoms. The quantitative estimate of drug-likeness (QED) is 0.651. The second-order valence-electron chi connectivity index (χ2n) is 2.94. The Labute approximate surface area is 76.1 Å². The molecule has 1 amide bonds. The predicted octanol–water partition coefficient (Wildman–Crippen LogP) is 1.10. The molecule has 0 saturated carbocycles. The molecule has 4 nitrogen and oxygen atoms in total. The monoisotopic (exact) mass is 181 g/mol. The molecule has 0 spiro atoms. The second-order valence-corrected chi connectivity index (χ2v) is 2.94. The molecule has 1 aromatic rings. The van der Waals surface area contributed by atoms with Gasteiger partial charge in [0.05, 0.1) is 12.9 Å². The van der Waals surface area contributed by atoms with Crippen LogP contribution in [0.2, 0.25) is 0 Å². The predicted molar refractivity (Wildman–Crippen MR) is 45.2 cm³/mol. The summed E-state index contributed by atoms with van der Waals surface area (Å²) in [5.41, 5.74) is 0. The van der Waals surface area contributed by atoms with Crippen LogP contribution in [0.25, 0.3) is 0 Å². The summed E-state index contributed by atoms with van der Waals surface area (Å²) in [7, 11) is 0. The summed E-state index contributed by atoms with van der Waals surface area (Å²) in [5, 5.41) is 0. The zero-order valence-electron chi connectivity index (χ0n) is 7.23. The minimum atomic E-state index is -0.0929. The Hall–Kier alpha value is -1.29. The fraction of sp³-hybridized carbons (Fsp3) is 0.444. The second kappa shape index (κ2) is 3.62. The summed E-state index contributed by atoms with van der Waals surface area (Å²) in [6, 6.07) is 3.37. The van der Waals surface area contributed by atoms with E-state index >= 15 is 0 Å². The average molecular weight is 181 g/mol. The van der Waals surface area contributed by atoms with Crippen molar-refractivity contribution >= 4 is 5.91 Å². The number of rotatable bonds is 1. The van der Waals surface area contributed by atoms with Gasteiger partial charge in [-0.3, -0.25) is 4.79 Å². The number of furan rings is 1. The van der Waals surface area contributed by atoms with Gasteiger partial charge in [0.2, 0.25) is 0 Å². The zero-order chi connectivity index (χ0) is 9.10. The van der Waals surface area contributed by atoms with E-state index in [4.69, 9.17) is 9.15 Å². The van der Waals surface area contributed by atoms with Gasteiger partial charge in [0.15, 0.2) is 5.76 Å². The van der Waals surface area contributed by atoms with Gasteiger partial charge in [0.1, 0.15) is 6.73 Å². The van der Waals surface area contributed by atoms with Crippen LogP contribution in [0.1, 0.15) is 17.0 Å². The van der Waals surface area contributed by atoms with Crippen LogP contribution in [0.3, 0.4) is 0 Å². The minimum absolute atomic E-state index is 0.0929. The van der Waals surface area contributed by atoms with E-state index in [-0.39, 0.29) is 5.91 Å². The summed E-state index contributed by atoms with van der Waals surface area (Å²) in [5.74, 6) is 0.287. The first-order valence-electron chi connectivity index (χ1n) is 4.28. The van der Waals surface area contributed by atoms with Gasteiger partial charge in [-0.05, 0) is 18.6 Å². The molecule has 1 aliphatic heterocycles. The lowest BCUT2D eigenvalue weighted by Gasteiger charge is -2.25. The molecular formula is C9H11NO3. The molecule has 1 aliphatic rings. The van der Waals surface area contributed by atoms with Crippen LogP contribution in [0.5, 0.6) is 0 Å². The van der Waals surface area contributed by atoms with E-state index in [0.717, 1.165) is 19.6 Å². The SMILES string of the molecule is O=C(c1ccco1)N1CCCOC1. The molecule has 13 heavy (non-hydrogen) atoms. The molecule has 0 radical (unpaired) electrons. The molecule has 2 rings (SSSR count). The first-order valence-corrected chi connectivity index (χ1v) is 4.28. The van der Waals surface area contributed by atoms with Crippen LogP contribution < -0.4 is 0 Å². The summed E-state index contributed by atoms with van der Waals surface area (Å²) < 4.78 is 10.2. The van der Waals surface area contributed by atoms with E-state index in [1.165, 1.54) is 6.26 Å². The van der Waals surface area contributed by atoms with Gasteiger partial charge < -0.3 is 14.1 Å². The molecule has 1 saturated heterocycles. The first-order chi connectivity index (χ1) is 6.38. The maximum atomic E-state index is 11.6. The Morgan fingerprint density at radius 2 is 2.46 bits per heavy atom. The lowest BCUT2D eigenvalue weighted by molar-refractivity contribution is -0.00732. The maximum Gasteiger partial charge on any atom is 0.291 e. The van der Waals surface area contributed by atoms with Gasteiger partial charge in [-0.1, -0.05) is 0 Å². The molecular weight excluding hydrogens is 170 g/mol. The molecule has 0 atom stereocenters. The highest BCUT2D eigenvalue weighted by Gasteiger charge is 2.20. The van der Waals surface area contributed by atoms with Crippen LogP contribution in [-0.4, -0.2) is 30.7 Å². The molecule has 0 aromatic carbocycles. The van der Waals surface area contributed by atoms with Crippen molar-refractivity contribution in [3.63, 3.8) is 0 Å². The number of amides is 1. The van der Waals surface area contributed by atoms with Gasteiger partial charge >= 0.3 is 0 Å². The van der Waals surface area contributed by atoms with Crippen molar-refractivity contribution in [1.29, 1.82) is 0 Å². The van der Waals surface area contributed by atoms with E-state index in [2.05, 4.69) is 0 Å². The lowest BCUT2D eigenvalue weighted by Crippen LogP contribution is -2.37. The van der Waals surface area contributed by atoms with Crippen LogP contribution in [0.15, 0.2) is 22.8 Å². The van der Waals surface area contributed by atoms with Crippen LogP contribution in [0, 0.1) is 0 Å². The fourth-order valence-corrected chi connectivity index (χ4v) is 1.31. The van der Waals surface area contributed by atoms with Crippen LogP contribution in [-0.2, 0) is 4.74 Å². The highest BCUT2D eigenvalue weighted by molar-refractivity contribution is 5.91. The molecule has 1 fully saturated rings. The van der Waals surface area contributed by atoms with Gasteiger partial charge in [-0.25, -0.2) is 0 Å². The number of ether oxygens (including phenoxy) is 1. The molecule has 70 valence electrons. The molecule has 0 aliphatic carbocycles. The number of carbonyl (C=O) groups excluding carboxylic acids is 1. The van der Waals surface area contributed by atoms with E-state index in [0.29, 0.717) is 12.5 Å². The van der Waals surface area contributed by atoms with Crippen molar-refractivity contribution in [2.75, 3.05) is 19.9 Å². The third-order valence-corrected chi connectivity index (χ3v) is 1.98. The van der Waals surface area contributed by atoms with E-state index in [1.54, 1.807) is 17.0 Å². The minimum Gasteiger partial charge on any atom is -0.459 e. The van der Waals surface area contributed by atoms with Crippen molar-refractivity contribution in [2.45, 2.75) is 6.42 Å². The number of nitrogens with zero attached hydrogens (tertiary/aromatic N) is 1. The Morgan fingerprint density at radius 3 is 3.08 bits per heavy atom. The fourth-order valence-electron chi connectivity index (χ4n) is 1.31. The number of carbonyl (C=O) groups is 1. The third kappa shape index (κ3) is 1.72. The molecule has 2 heterocycles. The first kappa shape index (κ1) is 8.31.